The van der Waals surface area contributed by atoms with Crippen LogP contribution in [-0.4, -0.2) is 44.2 Å². The van der Waals surface area contributed by atoms with E-state index in [1.807, 2.05) is 6.07 Å². The molecule has 2 aliphatic rings. The van der Waals surface area contributed by atoms with Crippen LogP contribution >= 0.6 is 0 Å². The van der Waals surface area contributed by atoms with Gasteiger partial charge in [-0.15, -0.1) is 0 Å². The molecule has 0 atom stereocenters. The molecule has 1 N–H and O–H groups in total. The molecule has 1 saturated carbocycles. The smallest absolute Gasteiger partial charge is 0.246 e. The summed E-state index contributed by atoms with van der Waals surface area (Å²) in [5.74, 6) is -0.543. The van der Waals surface area contributed by atoms with E-state index >= 15 is 0 Å². The van der Waals surface area contributed by atoms with Crippen molar-refractivity contribution in [2.45, 2.75) is 44.0 Å². The van der Waals surface area contributed by atoms with E-state index < -0.39 is 0 Å². The summed E-state index contributed by atoms with van der Waals surface area (Å²) in [6.07, 6.45) is 3.78. The van der Waals surface area contributed by atoms with Crippen molar-refractivity contribution in [2.24, 2.45) is 0 Å². The maximum Gasteiger partial charge on any atom is 0.246 e. The Kier molecular flexibility index (Phi) is 5.14. The molecule has 0 bridgehead atoms. The zero-order chi connectivity index (χ0) is 13.6. The lowest BCUT2D eigenvalue weighted by molar-refractivity contribution is -0.191. The fraction of sp³-hybridized carbons (Fsp3) is 0.846. The van der Waals surface area contributed by atoms with E-state index in [1.165, 1.54) is 0 Å². The van der Waals surface area contributed by atoms with Crippen molar-refractivity contribution >= 4 is 5.91 Å². The Morgan fingerprint density at radius 1 is 1.37 bits per heavy atom. The Bertz CT molecular complexity index is 337. The molecule has 1 heterocycles. The first-order valence-corrected chi connectivity index (χ1v) is 6.77. The summed E-state index contributed by atoms with van der Waals surface area (Å²) in [4.78, 5) is 11.4. The summed E-state index contributed by atoms with van der Waals surface area (Å²) in [6.45, 7) is 1.79. The topological polar surface area (TPSA) is 80.6 Å². The van der Waals surface area contributed by atoms with E-state index in [2.05, 4.69) is 5.32 Å². The van der Waals surface area contributed by atoms with Gasteiger partial charge in [0.15, 0.2) is 5.79 Å². The van der Waals surface area contributed by atoms with E-state index in [1.54, 1.807) is 0 Å². The largest absolute Gasteiger partial charge is 0.368 e. The second-order valence-electron chi connectivity index (χ2n) is 4.88. The Labute approximate surface area is 113 Å². The van der Waals surface area contributed by atoms with Gasteiger partial charge in [0.05, 0.1) is 31.8 Å². The SMILES string of the molecule is N#CCCNC(=O)COC1CCC2(CC1)OCCO2. The number of hydrogen-bond acceptors (Lipinski definition) is 5. The summed E-state index contributed by atoms with van der Waals surface area (Å²) >= 11 is 0. The maximum absolute atomic E-state index is 11.4. The normalized spacial score (nSPS) is 22.3. The van der Waals surface area contributed by atoms with Crippen molar-refractivity contribution in [3.05, 3.63) is 0 Å². The molecule has 0 unspecified atom stereocenters. The predicted octanol–water partition coefficient (Wildman–Crippen LogP) is 0.719. The van der Waals surface area contributed by atoms with E-state index in [9.17, 15) is 4.79 Å². The number of hydrogen-bond donors (Lipinski definition) is 1. The molecule has 2 fully saturated rings. The van der Waals surface area contributed by atoms with Gasteiger partial charge in [-0.2, -0.15) is 5.26 Å². The molecule has 1 aliphatic heterocycles. The van der Waals surface area contributed by atoms with Crippen LogP contribution in [-0.2, 0) is 19.0 Å². The van der Waals surface area contributed by atoms with Crippen LogP contribution in [0.25, 0.3) is 0 Å². The highest BCUT2D eigenvalue weighted by molar-refractivity contribution is 5.77. The molecular weight excluding hydrogens is 248 g/mol. The number of carbonyl (C=O) groups is 1. The molecule has 2 rings (SSSR count). The molecule has 1 spiro atoms. The predicted molar refractivity (Wildman–Crippen MR) is 66.1 cm³/mol. The molecule has 1 saturated heterocycles. The Hall–Kier alpha value is -1.16. The minimum Gasteiger partial charge on any atom is -0.368 e. The van der Waals surface area contributed by atoms with Gasteiger partial charge in [0.2, 0.25) is 5.91 Å². The molecule has 0 aromatic carbocycles. The molecule has 0 radical (unpaired) electrons. The molecule has 0 aromatic rings. The number of carbonyl (C=O) groups excluding carboxylic acids is 1. The van der Waals surface area contributed by atoms with Gasteiger partial charge >= 0.3 is 0 Å². The first-order chi connectivity index (χ1) is 9.24. The summed E-state index contributed by atoms with van der Waals surface area (Å²) in [6, 6.07) is 1.97. The number of nitriles is 1. The average Bonchev–Trinajstić information content (AvgIpc) is 2.87. The highest BCUT2D eigenvalue weighted by Gasteiger charge is 2.40. The zero-order valence-corrected chi connectivity index (χ0v) is 11.0. The third-order valence-corrected chi connectivity index (χ3v) is 3.52. The summed E-state index contributed by atoms with van der Waals surface area (Å²) in [7, 11) is 0. The lowest BCUT2D eigenvalue weighted by Gasteiger charge is -2.35. The van der Waals surface area contributed by atoms with Gasteiger partial charge < -0.3 is 19.5 Å². The van der Waals surface area contributed by atoms with Crippen LogP contribution in [0.15, 0.2) is 0 Å². The van der Waals surface area contributed by atoms with Crippen LogP contribution in [0, 0.1) is 11.3 Å². The molecular formula is C13H20N2O4. The van der Waals surface area contributed by atoms with Gasteiger partial charge in [0.1, 0.15) is 6.61 Å². The highest BCUT2D eigenvalue weighted by Crippen LogP contribution is 2.36. The van der Waals surface area contributed by atoms with Crippen LogP contribution in [0.4, 0.5) is 0 Å². The van der Waals surface area contributed by atoms with Gasteiger partial charge in [0, 0.05) is 19.4 Å². The van der Waals surface area contributed by atoms with Crippen LogP contribution in [0.1, 0.15) is 32.1 Å². The average molecular weight is 268 g/mol. The van der Waals surface area contributed by atoms with Gasteiger partial charge in [0.25, 0.3) is 0 Å². The fourth-order valence-corrected chi connectivity index (χ4v) is 2.49. The van der Waals surface area contributed by atoms with Gasteiger partial charge in [-0.3, -0.25) is 4.79 Å². The Balaban J connectivity index is 1.60. The van der Waals surface area contributed by atoms with Crippen LogP contribution < -0.4 is 5.32 Å². The van der Waals surface area contributed by atoms with Gasteiger partial charge in [-0.05, 0) is 12.8 Å². The van der Waals surface area contributed by atoms with Crippen LogP contribution in [0.3, 0.4) is 0 Å². The van der Waals surface area contributed by atoms with Crippen molar-refractivity contribution in [1.29, 1.82) is 5.26 Å². The number of nitrogens with zero attached hydrogens (tertiary/aromatic N) is 1. The lowest BCUT2D eigenvalue weighted by Crippen LogP contribution is -2.39. The minimum atomic E-state index is -0.380. The van der Waals surface area contributed by atoms with Crippen molar-refractivity contribution in [3.63, 3.8) is 0 Å². The van der Waals surface area contributed by atoms with Gasteiger partial charge in [-0.1, -0.05) is 0 Å². The van der Waals surface area contributed by atoms with E-state index in [0.29, 0.717) is 26.2 Å². The molecule has 0 aromatic heterocycles. The van der Waals surface area contributed by atoms with E-state index in [0.717, 1.165) is 25.7 Å². The number of amides is 1. The fourth-order valence-electron chi connectivity index (χ4n) is 2.49. The van der Waals surface area contributed by atoms with E-state index in [4.69, 9.17) is 19.5 Å². The number of ether oxygens (including phenoxy) is 3. The Morgan fingerprint density at radius 3 is 2.68 bits per heavy atom. The maximum atomic E-state index is 11.4. The van der Waals surface area contributed by atoms with Gasteiger partial charge in [-0.25, -0.2) is 0 Å². The molecule has 106 valence electrons. The monoisotopic (exact) mass is 268 g/mol. The first-order valence-electron chi connectivity index (χ1n) is 6.77. The van der Waals surface area contributed by atoms with Crippen molar-refractivity contribution < 1.29 is 19.0 Å². The summed E-state index contributed by atoms with van der Waals surface area (Å²) < 4.78 is 16.8. The molecule has 6 nitrogen and oxygen atoms in total. The Morgan fingerprint density at radius 2 is 2.05 bits per heavy atom. The first kappa shape index (κ1) is 14.3. The summed E-state index contributed by atoms with van der Waals surface area (Å²) in [5.41, 5.74) is 0. The molecule has 6 heteroatoms. The molecule has 1 amide bonds. The lowest BCUT2D eigenvalue weighted by atomic mass is 9.92. The zero-order valence-electron chi connectivity index (χ0n) is 11.0. The van der Waals surface area contributed by atoms with Crippen molar-refractivity contribution in [3.8, 4) is 6.07 Å². The van der Waals surface area contributed by atoms with Crippen LogP contribution in [0.5, 0.6) is 0 Å². The number of rotatable bonds is 5. The quantitative estimate of drug-likeness (QED) is 0.743. The third kappa shape index (κ3) is 4.16. The highest BCUT2D eigenvalue weighted by atomic mass is 16.7. The number of nitrogens with one attached hydrogen (secondary N) is 1. The third-order valence-electron chi connectivity index (χ3n) is 3.52. The second kappa shape index (κ2) is 6.85. The minimum absolute atomic E-state index is 0.0603. The molecule has 19 heavy (non-hydrogen) atoms. The standard InChI is InChI=1S/C13H20N2O4/c14-6-1-7-15-12(16)10-17-11-2-4-13(5-3-11)18-8-9-19-13/h11H,1-5,7-10H2,(H,15,16). The second-order valence-corrected chi connectivity index (χ2v) is 4.88. The summed E-state index contributed by atoms with van der Waals surface area (Å²) in [5, 5.41) is 11.0. The van der Waals surface area contributed by atoms with Crippen molar-refractivity contribution in [2.75, 3.05) is 26.4 Å². The van der Waals surface area contributed by atoms with Crippen molar-refractivity contribution in [1.82, 2.24) is 5.32 Å². The van der Waals surface area contributed by atoms with E-state index in [-0.39, 0.29) is 24.4 Å². The van der Waals surface area contributed by atoms with Crippen LogP contribution in [0.2, 0.25) is 0 Å². The molecule has 1 aliphatic carbocycles.